The number of benzene rings is 1. The molecule has 1 aromatic carbocycles. The molecule has 0 aliphatic rings. The van der Waals surface area contributed by atoms with Crippen LogP contribution in [0.5, 0.6) is 0 Å². The fraction of sp³-hybridized carbons (Fsp3) is 0.200. The number of rotatable bonds is 5. The molecule has 0 amide bonds. The number of pyridine rings is 1. The molecular weight excluding hydrogens is 258 g/mol. The van der Waals surface area contributed by atoms with Crippen molar-refractivity contribution in [1.82, 2.24) is 10.3 Å². The van der Waals surface area contributed by atoms with Gasteiger partial charge in [0, 0.05) is 29.5 Å². The predicted octanol–water partition coefficient (Wildman–Crippen LogP) is 3.13. The van der Waals surface area contributed by atoms with Crippen LogP contribution < -0.4 is 5.32 Å². The van der Waals surface area contributed by atoms with Gasteiger partial charge < -0.3 is 0 Å². The monoisotopic (exact) mass is 271 g/mol. The van der Waals surface area contributed by atoms with Gasteiger partial charge in [0.05, 0.1) is 6.07 Å². The molecule has 1 aromatic heterocycles. The molecule has 0 saturated carbocycles. The van der Waals surface area contributed by atoms with E-state index in [0.717, 1.165) is 23.6 Å². The average Bonchev–Trinajstić information content (AvgIpc) is 2.46. The summed E-state index contributed by atoms with van der Waals surface area (Å²) in [7, 11) is 0. The fourth-order valence-electron chi connectivity index (χ4n) is 1.80. The van der Waals surface area contributed by atoms with Crippen LogP contribution in [0.1, 0.15) is 17.2 Å². The maximum absolute atomic E-state index is 9.16. The summed E-state index contributed by atoms with van der Waals surface area (Å²) < 4.78 is 0. The first-order valence-electron chi connectivity index (χ1n) is 6.07. The second-order valence-corrected chi connectivity index (χ2v) is 4.62. The quantitative estimate of drug-likeness (QED) is 0.909. The Hall–Kier alpha value is -1.89. The second-order valence-electron chi connectivity index (χ2n) is 4.18. The van der Waals surface area contributed by atoms with Crippen molar-refractivity contribution in [2.75, 3.05) is 6.54 Å². The second kappa shape index (κ2) is 6.89. The molecular formula is C15H14ClN3. The van der Waals surface area contributed by atoms with E-state index in [2.05, 4.69) is 16.4 Å². The van der Waals surface area contributed by atoms with Crippen molar-refractivity contribution in [2.45, 2.75) is 12.5 Å². The fourth-order valence-corrected chi connectivity index (χ4v) is 1.92. The molecule has 1 heterocycles. The molecule has 4 heteroatoms. The lowest BCUT2D eigenvalue weighted by Gasteiger charge is -2.11. The number of nitrogens with zero attached hydrogens (tertiary/aromatic N) is 2. The van der Waals surface area contributed by atoms with Crippen molar-refractivity contribution in [3.8, 4) is 6.07 Å². The number of nitriles is 1. The lowest BCUT2D eigenvalue weighted by Crippen LogP contribution is -2.22. The first-order valence-corrected chi connectivity index (χ1v) is 6.45. The van der Waals surface area contributed by atoms with Gasteiger partial charge in [-0.15, -0.1) is 0 Å². The van der Waals surface area contributed by atoms with E-state index >= 15 is 0 Å². The van der Waals surface area contributed by atoms with Crippen LogP contribution >= 0.6 is 11.6 Å². The van der Waals surface area contributed by atoms with Crippen molar-refractivity contribution >= 4 is 11.6 Å². The highest BCUT2D eigenvalue weighted by atomic mass is 35.5. The molecule has 2 rings (SSSR count). The Morgan fingerprint density at radius 2 is 2.05 bits per heavy atom. The van der Waals surface area contributed by atoms with E-state index in [-0.39, 0.29) is 6.04 Å². The summed E-state index contributed by atoms with van der Waals surface area (Å²) in [6.07, 6.45) is 4.27. The van der Waals surface area contributed by atoms with Crippen LogP contribution in [0.4, 0.5) is 0 Å². The van der Waals surface area contributed by atoms with Gasteiger partial charge in [0.2, 0.25) is 0 Å². The molecule has 0 aliphatic heterocycles. The Balaban J connectivity index is 1.88. The summed E-state index contributed by atoms with van der Waals surface area (Å²) in [4.78, 5) is 4.02. The van der Waals surface area contributed by atoms with Crippen molar-refractivity contribution < 1.29 is 0 Å². The van der Waals surface area contributed by atoms with E-state index < -0.39 is 0 Å². The summed E-state index contributed by atoms with van der Waals surface area (Å²) in [5.74, 6) is 0. The predicted molar refractivity (Wildman–Crippen MR) is 75.7 cm³/mol. The molecule has 0 aliphatic carbocycles. The molecule has 0 saturated heterocycles. The number of hydrogen-bond donors (Lipinski definition) is 1. The molecule has 1 atom stereocenters. The normalized spacial score (nSPS) is 11.8. The summed E-state index contributed by atoms with van der Waals surface area (Å²) in [5, 5.41) is 13.1. The van der Waals surface area contributed by atoms with E-state index in [1.54, 1.807) is 12.4 Å². The summed E-state index contributed by atoms with van der Waals surface area (Å²) >= 11 is 5.83. The van der Waals surface area contributed by atoms with Crippen LogP contribution in [0.15, 0.2) is 48.8 Å². The van der Waals surface area contributed by atoms with Gasteiger partial charge in [-0.2, -0.15) is 5.26 Å². The smallest absolute Gasteiger partial charge is 0.122 e. The van der Waals surface area contributed by atoms with E-state index in [4.69, 9.17) is 16.9 Å². The molecule has 0 bridgehead atoms. The Bertz CT molecular complexity index is 546. The van der Waals surface area contributed by atoms with Crippen LogP contribution in [0.3, 0.4) is 0 Å². The third-order valence-corrected chi connectivity index (χ3v) is 3.07. The third kappa shape index (κ3) is 4.06. The van der Waals surface area contributed by atoms with Crippen molar-refractivity contribution in [3.05, 3.63) is 64.9 Å². The molecule has 0 radical (unpaired) electrons. The summed E-state index contributed by atoms with van der Waals surface area (Å²) in [6.45, 7) is 0.731. The van der Waals surface area contributed by atoms with Crippen LogP contribution in [-0.4, -0.2) is 11.5 Å². The van der Waals surface area contributed by atoms with Gasteiger partial charge in [-0.3, -0.25) is 10.3 Å². The lowest BCUT2D eigenvalue weighted by molar-refractivity contribution is 0.628. The first kappa shape index (κ1) is 13.5. The lowest BCUT2D eigenvalue weighted by atomic mass is 10.1. The van der Waals surface area contributed by atoms with Crippen LogP contribution in [0.2, 0.25) is 5.02 Å². The van der Waals surface area contributed by atoms with Crippen molar-refractivity contribution in [1.29, 1.82) is 5.26 Å². The maximum Gasteiger partial charge on any atom is 0.122 e. The molecule has 96 valence electrons. The van der Waals surface area contributed by atoms with Crippen LogP contribution in [0.25, 0.3) is 0 Å². The minimum absolute atomic E-state index is 0.319. The summed E-state index contributed by atoms with van der Waals surface area (Å²) in [5.41, 5.74) is 2.08. The Morgan fingerprint density at radius 3 is 2.68 bits per heavy atom. The minimum atomic E-state index is -0.319. The molecule has 2 aromatic rings. The molecule has 1 N–H and O–H groups in total. The zero-order chi connectivity index (χ0) is 13.5. The SMILES string of the molecule is N#CC(NCCc1ccc(Cl)cc1)c1cccnc1. The standard InChI is InChI=1S/C15H14ClN3/c16-14-5-3-12(4-6-14)7-9-19-15(10-17)13-2-1-8-18-11-13/h1-6,8,11,15,19H,7,9H2. The number of halogens is 1. The van der Waals surface area contributed by atoms with Gasteiger partial charge in [-0.1, -0.05) is 29.8 Å². The molecule has 1 unspecified atom stereocenters. The third-order valence-electron chi connectivity index (χ3n) is 2.82. The van der Waals surface area contributed by atoms with Crippen LogP contribution in [0, 0.1) is 11.3 Å². The molecule has 0 spiro atoms. The Labute approximate surface area is 117 Å². The van der Waals surface area contributed by atoms with Gasteiger partial charge in [0.15, 0.2) is 0 Å². The first-order chi connectivity index (χ1) is 9.29. The number of hydrogen-bond acceptors (Lipinski definition) is 3. The van der Waals surface area contributed by atoms with E-state index in [0.29, 0.717) is 0 Å². The Kier molecular flexibility index (Phi) is 4.91. The molecule has 0 fully saturated rings. The number of aromatic nitrogens is 1. The van der Waals surface area contributed by atoms with Crippen molar-refractivity contribution in [2.24, 2.45) is 0 Å². The van der Waals surface area contributed by atoms with Gasteiger partial charge in [0.1, 0.15) is 6.04 Å². The zero-order valence-electron chi connectivity index (χ0n) is 10.4. The number of nitrogens with one attached hydrogen (secondary N) is 1. The van der Waals surface area contributed by atoms with Gasteiger partial charge >= 0.3 is 0 Å². The van der Waals surface area contributed by atoms with Crippen LogP contribution in [-0.2, 0) is 6.42 Å². The van der Waals surface area contributed by atoms with E-state index in [1.807, 2.05) is 36.4 Å². The Morgan fingerprint density at radius 1 is 1.26 bits per heavy atom. The molecule has 3 nitrogen and oxygen atoms in total. The van der Waals surface area contributed by atoms with Crippen molar-refractivity contribution in [3.63, 3.8) is 0 Å². The van der Waals surface area contributed by atoms with Gasteiger partial charge in [-0.05, 0) is 30.2 Å². The van der Waals surface area contributed by atoms with Gasteiger partial charge in [0.25, 0.3) is 0 Å². The largest absolute Gasteiger partial charge is 0.298 e. The minimum Gasteiger partial charge on any atom is -0.298 e. The highest BCUT2D eigenvalue weighted by Gasteiger charge is 2.08. The van der Waals surface area contributed by atoms with E-state index in [9.17, 15) is 0 Å². The average molecular weight is 272 g/mol. The maximum atomic E-state index is 9.16. The summed E-state index contributed by atoms with van der Waals surface area (Å²) in [6, 6.07) is 13.4. The molecule has 19 heavy (non-hydrogen) atoms. The highest BCUT2D eigenvalue weighted by molar-refractivity contribution is 6.30. The van der Waals surface area contributed by atoms with Gasteiger partial charge in [-0.25, -0.2) is 0 Å². The van der Waals surface area contributed by atoms with E-state index in [1.165, 1.54) is 5.56 Å². The topological polar surface area (TPSA) is 48.7 Å². The highest BCUT2D eigenvalue weighted by Crippen LogP contribution is 2.11. The zero-order valence-corrected chi connectivity index (χ0v) is 11.1.